The molecule has 0 amide bonds. The summed E-state index contributed by atoms with van der Waals surface area (Å²) in [4.78, 5) is 2.44. The van der Waals surface area contributed by atoms with Crippen molar-refractivity contribution in [1.82, 2.24) is 9.47 Å². The fraction of sp³-hybridized carbons (Fsp3) is 0.444. The molecule has 3 rings (SSSR count). The molecule has 0 aliphatic carbocycles. The van der Waals surface area contributed by atoms with E-state index in [9.17, 15) is 0 Å². The second kappa shape index (κ2) is 5.84. The molecule has 2 aromatic rings. The third-order valence-corrected chi connectivity index (χ3v) is 4.55. The standard InChI is InChI=1S/C18H24N2/c1-15-8-9-18(17-6-4-3-5-7-17)20(15)14-16-10-12-19(2)13-11-16/h3-9,16H,10-14H2,1-2H3. The van der Waals surface area contributed by atoms with Gasteiger partial charge >= 0.3 is 0 Å². The summed E-state index contributed by atoms with van der Waals surface area (Å²) in [6, 6.07) is 15.3. The lowest BCUT2D eigenvalue weighted by molar-refractivity contribution is 0.205. The van der Waals surface area contributed by atoms with Gasteiger partial charge in [0.1, 0.15) is 0 Å². The van der Waals surface area contributed by atoms with E-state index in [4.69, 9.17) is 0 Å². The summed E-state index contributed by atoms with van der Waals surface area (Å²) >= 11 is 0. The summed E-state index contributed by atoms with van der Waals surface area (Å²) in [6.45, 7) is 5.87. The Bertz CT molecular complexity index is 548. The van der Waals surface area contributed by atoms with Crippen LogP contribution in [0.2, 0.25) is 0 Å². The van der Waals surface area contributed by atoms with Gasteiger partial charge in [0, 0.05) is 17.9 Å². The molecule has 2 nitrogen and oxygen atoms in total. The Labute approximate surface area is 122 Å². The van der Waals surface area contributed by atoms with Crippen molar-refractivity contribution in [2.75, 3.05) is 20.1 Å². The van der Waals surface area contributed by atoms with Gasteiger partial charge < -0.3 is 9.47 Å². The molecule has 1 aliphatic heterocycles. The second-order valence-corrected chi connectivity index (χ2v) is 6.08. The van der Waals surface area contributed by atoms with Gasteiger partial charge in [-0.1, -0.05) is 30.3 Å². The van der Waals surface area contributed by atoms with Gasteiger partial charge in [0.15, 0.2) is 0 Å². The number of benzene rings is 1. The van der Waals surface area contributed by atoms with Crippen molar-refractivity contribution in [1.29, 1.82) is 0 Å². The summed E-state index contributed by atoms with van der Waals surface area (Å²) in [6.07, 6.45) is 2.64. The molecule has 2 heteroatoms. The maximum atomic E-state index is 2.51. The summed E-state index contributed by atoms with van der Waals surface area (Å²) in [5, 5.41) is 0. The molecule has 20 heavy (non-hydrogen) atoms. The Balaban J connectivity index is 1.81. The van der Waals surface area contributed by atoms with E-state index in [-0.39, 0.29) is 0 Å². The Morgan fingerprint density at radius 3 is 2.40 bits per heavy atom. The molecule has 106 valence electrons. The minimum atomic E-state index is 0.819. The van der Waals surface area contributed by atoms with Crippen LogP contribution < -0.4 is 0 Å². The maximum absolute atomic E-state index is 2.51. The van der Waals surface area contributed by atoms with Gasteiger partial charge in [-0.15, -0.1) is 0 Å². The van der Waals surface area contributed by atoms with Gasteiger partial charge in [-0.3, -0.25) is 0 Å². The van der Waals surface area contributed by atoms with Gasteiger partial charge in [0.2, 0.25) is 0 Å². The first-order valence-electron chi connectivity index (χ1n) is 7.64. The van der Waals surface area contributed by atoms with Crippen LogP contribution in [0.25, 0.3) is 11.3 Å². The number of piperidine rings is 1. The number of hydrogen-bond donors (Lipinski definition) is 0. The molecule has 1 aliphatic rings. The van der Waals surface area contributed by atoms with E-state index < -0.39 is 0 Å². The van der Waals surface area contributed by atoms with E-state index >= 15 is 0 Å². The van der Waals surface area contributed by atoms with Crippen molar-refractivity contribution in [3.63, 3.8) is 0 Å². The first-order valence-corrected chi connectivity index (χ1v) is 7.64. The lowest BCUT2D eigenvalue weighted by Gasteiger charge is -2.30. The average molecular weight is 268 g/mol. The molecule has 2 heterocycles. The monoisotopic (exact) mass is 268 g/mol. The summed E-state index contributed by atoms with van der Waals surface area (Å²) in [7, 11) is 2.23. The largest absolute Gasteiger partial charge is 0.345 e. The zero-order valence-electron chi connectivity index (χ0n) is 12.5. The molecule has 0 bridgehead atoms. The number of aromatic nitrogens is 1. The van der Waals surface area contributed by atoms with Crippen molar-refractivity contribution in [3.05, 3.63) is 48.2 Å². The lowest BCUT2D eigenvalue weighted by atomic mass is 9.97. The lowest BCUT2D eigenvalue weighted by Crippen LogP contribution is -2.32. The van der Waals surface area contributed by atoms with Crippen LogP contribution in [0.1, 0.15) is 18.5 Å². The van der Waals surface area contributed by atoms with Crippen molar-refractivity contribution < 1.29 is 0 Å². The number of hydrogen-bond acceptors (Lipinski definition) is 1. The SMILES string of the molecule is Cc1ccc(-c2ccccc2)n1CC1CCN(C)CC1. The first-order chi connectivity index (χ1) is 9.74. The van der Waals surface area contributed by atoms with Crippen molar-refractivity contribution >= 4 is 0 Å². The van der Waals surface area contributed by atoms with Crippen LogP contribution in [0, 0.1) is 12.8 Å². The van der Waals surface area contributed by atoms with E-state index in [1.807, 2.05) is 0 Å². The number of aryl methyl sites for hydroxylation is 1. The number of rotatable bonds is 3. The van der Waals surface area contributed by atoms with E-state index in [2.05, 4.69) is 65.9 Å². The Kier molecular flexibility index (Phi) is 3.93. The average Bonchev–Trinajstić information content (AvgIpc) is 2.84. The Morgan fingerprint density at radius 1 is 1.00 bits per heavy atom. The van der Waals surface area contributed by atoms with Crippen LogP contribution in [0.3, 0.4) is 0 Å². The minimum absolute atomic E-state index is 0.819. The minimum Gasteiger partial charge on any atom is -0.345 e. The number of likely N-dealkylation sites (tertiary alicyclic amines) is 1. The summed E-state index contributed by atoms with van der Waals surface area (Å²) < 4.78 is 2.51. The highest BCUT2D eigenvalue weighted by Gasteiger charge is 2.18. The maximum Gasteiger partial charge on any atom is 0.0482 e. The predicted molar refractivity (Wildman–Crippen MR) is 84.8 cm³/mol. The topological polar surface area (TPSA) is 8.17 Å². The highest BCUT2D eigenvalue weighted by atomic mass is 15.1. The molecule has 0 radical (unpaired) electrons. The predicted octanol–water partition coefficient (Wildman–Crippen LogP) is 3.81. The van der Waals surface area contributed by atoms with E-state index in [0.717, 1.165) is 12.5 Å². The molecule has 0 atom stereocenters. The van der Waals surface area contributed by atoms with E-state index in [0.29, 0.717) is 0 Å². The van der Waals surface area contributed by atoms with Crippen LogP contribution in [0.5, 0.6) is 0 Å². The molecular formula is C18H24N2. The van der Waals surface area contributed by atoms with Crippen LogP contribution >= 0.6 is 0 Å². The zero-order valence-corrected chi connectivity index (χ0v) is 12.5. The van der Waals surface area contributed by atoms with Gasteiger partial charge in [-0.25, -0.2) is 0 Å². The molecule has 0 saturated carbocycles. The molecule has 1 saturated heterocycles. The molecule has 1 fully saturated rings. The van der Waals surface area contributed by atoms with Gasteiger partial charge in [0.05, 0.1) is 0 Å². The normalized spacial score (nSPS) is 17.5. The van der Waals surface area contributed by atoms with Crippen molar-refractivity contribution in [2.24, 2.45) is 5.92 Å². The summed E-state index contributed by atoms with van der Waals surface area (Å²) in [5.74, 6) is 0.819. The molecular weight excluding hydrogens is 244 g/mol. The van der Waals surface area contributed by atoms with Crippen LogP contribution in [0.15, 0.2) is 42.5 Å². The van der Waals surface area contributed by atoms with Crippen LogP contribution in [-0.4, -0.2) is 29.6 Å². The molecule has 0 spiro atoms. The Morgan fingerprint density at radius 2 is 1.70 bits per heavy atom. The first kappa shape index (κ1) is 13.4. The molecule has 1 aromatic heterocycles. The molecule has 0 N–H and O–H groups in total. The highest BCUT2D eigenvalue weighted by Crippen LogP contribution is 2.26. The third kappa shape index (κ3) is 2.80. The number of nitrogens with zero attached hydrogens (tertiary/aromatic N) is 2. The van der Waals surface area contributed by atoms with Crippen molar-refractivity contribution in [2.45, 2.75) is 26.3 Å². The fourth-order valence-electron chi connectivity index (χ4n) is 3.18. The quantitative estimate of drug-likeness (QED) is 0.822. The van der Waals surface area contributed by atoms with Crippen molar-refractivity contribution in [3.8, 4) is 11.3 Å². The Hall–Kier alpha value is -1.54. The van der Waals surface area contributed by atoms with E-state index in [1.165, 1.54) is 42.9 Å². The van der Waals surface area contributed by atoms with Crippen LogP contribution in [0.4, 0.5) is 0 Å². The summed E-state index contributed by atoms with van der Waals surface area (Å²) in [5.41, 5.74) is 4.07. The van der Waals surface area contributed by atoms with Crippen LogP contribution in [-0.2, 0) is 6.54 Å². The molecule has 1 aromatic carbocycles. The fourth-order valence-corrected chi connectivity index (χ4v) is 3.18. The van der Waals surface area contributed by atoms with Gasteiger partial charge in [0.25, 0.3) is 0 Å². The van der Waals surface area contributed by atoms with Gasteiger partial charge in [-0.05, 0) is 63.5 Å². The van der Waals surface area contributed by atoms with E-state index in [1.54, 1.807) is 0 Å². The zero-order chi connectivity index (χ0) is 13.9. The third-order valence-electron chi connectivity index (χ3n) is 4.55. The second-order valence-electron chi connectivity index (χ2n) is 6.08. The molecule has 0 unspecified atom stereocenters. The highest BCUT2D eigenvalue weighted by molar-refractivity contribution is 5.60. The van der Waals surface area contributed by atoms with Gasteiger partial charge in [-0.2, -0.15) is 0 Å². The smallest absolute Gasteiger partial charge is 0.0482 e.